The Morgan fingerprint density at radius 2 is 0.855 bits per heavy atom. The van der Waals surface area contributed by atoms with Gasteiger partial charge in [-0.3, -0.25) is 9.59 Å². The van der Waals surface area contributed by atoms with Crippen molar-refractivity contribution in [3.05, 3.63) is 165 Å². The monoisotopic (exact) mass is 876 g/mol. The fraction of sp³-hybridized carbons (Fsp3) is 0.407. The minimum absolute atomic E-state index is 0.0206. The Hall–Kier alpha value is -4.66. The molecule has 4 rings (SSSR count). The van der Waals surface area contributed by atoms with E-state index >= 15 is 0 Å². The van der Waals surface area contributed by atoms with Crippen molar-refractivity contribution in [2.24, 2.45) is 10.8 Å². The molecule has 2 aliphatic rings. The molecule has 2 atom stereocenters. The van der Waals surface area contributed by atoms with Crippen LogP contribution in [-0.2, 0) is 29.3 Å². The minimum atomic E-state index is -3.79. The summed E-state index contributed by atoms with van der Waals surface area (Å²) in [6.07, 6.45) is 22.3. The number of Topliss-reactive ketones (excluding diaryl/α,β-unsaturated/α-hetero) is 2. The van der Waals surface area contributed by atoms with Crippen LogP contribution in [0.25, 0.3) is 0 Å². The first-order valence-corrected chi connectivity index (χ1v) is 24.8. The predicted octanol–water partition coefficient (Wildman–Crippen LogP) is 12.9. The van der Waals surface area contributed by atoms with Crippen LogP contribution in [0.4, 0.5) is 0 Å². The molecule has 0 saturated heterocycles. The highest BCUT2D eigenvalue weighted by Gasteiger charge is 2.44. The lowest BCUT2D eigenvalue weighted by Crippen LogP contribution is -2.37. The van der Waals surface area contributed by atoms with Gasteiger partial charge in [0.25, 0.3) is 0 Å². The predicted molar refractivity (Wildman–Crippen MR) is 257 cm³/mol. The number of allylic oxidation sites excluding steroid dienone is 16. The van der Waals surface area contributed by atoms with Gasteiger partial charge in [0.15, 0.2) is 31.2 Å². The third-order valence-corrected chi connectivity index (χ3v) is 16.6. The highest BCUT2D eigenvalue weighted by molar-refractivity contribution is 7.92. The number of carbonyl (C=O) groups is 2. The molecule has 62 heavy (non-hydrogen) atoms. The third-order valence-electron chi connectivity index (χ3n) is 12.5. The number of rotatable bonds is 16. The molecule has 0 bridgehead atoms. The smallest absolute Gasteiger partial charge is 0.185 e. The minimum Gasteiger partial charge on any atom is -0.295 e. The summed E-state index contributed by atoms with van der Waals surface area (Å²) in [5.41, 5.74) is 7.52. The van der Waals surface area contributed by atoms with Crippen LogP contribution in [0.2, 0.25) is 0 Å². The van der Waals surface area contributed by atoms with Crippen LogP contribution in [0, 0.1) is 24.7 Å². The number of sulfone groups is 2. The summed E-state index contributed by atoms with van der Waals surface area (Å²) in [7, 11) is -7.58. The van der Waals surface area contributed by atoms with Crippen molar-refractivity contribution < 1.29 is 26.4 Å². The number of benzene rings is 2. The lowest BCUT2D eigenvalue weighted by atomic mass is 9.70. The van der Waals surface area contributed by atoms with E-state index in [4.69, 9.17) is 0 Å². The van der Waals surface area contributed by atoms with Crippen molar-refractivity contribution in [2.75, 3.05) is 0 Å². The van der Waals surface area contributed by atoms with Gasteiger partial charge in [-0.2, -0.15) is 0 Å². The zero-order valence-electron chi connectivity index (χ0n) is 39.1. The van der Waals surface area contributed by atoms with E-state index in [0.717, 1.165) is 44.6 Å². The molecule has 0 aromatic heterocycles. The van der Waals surface area contributed by atoms with Gasteiger partial charge in [0.2, 0.25) is 0 Å². The van der Waals surface area contributed by atoms with Crippen molar-refractivity contribution in [1.82, 2.24) is 0 Å². The molecule has 2 unspecified atom stereocenters. The van der Waals surface area contributed by atoms with Crippen LogP contribution in [0.5, 0.6) is 0 Å². The molecule has 0 fully saturated rings. The maximum atomic E-state index is 14.2. The van der Waals surface area contributed by atoms with E-state index in [2.05, 4.69) is 0 Å². The number of carbonyl (C=O) groups excluding carboxylic acids is 2. The second-order valence-electron chi connectivity index (χ2n) is 18.7. The third kappa shape index (κ3) is 12.5. The number of aryl methyl sites for hydroxylation is 2. The summed E-state index contributed by atoms with van der Waals surface area (Å²) in [5, 5.41) is -1.70. The fourth-order valence-electron chi connectivity index (χ4n) is 8.66. The second kappa shape index (κ2) is 20.7. The SMILES string of the molecule is CC(C=CC=C(C)CC(C1=C(C)C(=O)CCC1(C)C)S(=O)(=O)c1ccc(C)cc1)=CC=CC=C(C)C=CC=C(C)CC(C1=C(C)C(=O)CCC1(C)C)S(=O)(=O)c1ccc(C)cc1. The van der Waals surface area contributed by atoms with Crippen LogP contribution in [-0.4, -0.2) is 38.9 Å². The molecule has 0 amide bonds. The largest absolute Gasteiger partial charge is 0.295 e. The Morgan fingerprint density at radius 1 is 0.532 bits per heavy atom. The van der Waals surface area contributed by atoms with E-state index in [-0.39, 0.29) is 34.2 Å². The number of hydrogen-bond donors (Lipinski definition) is 0. The molecular weight excluding hydrogens is 809 g/mol. The van der Waals surface area contributed by atoms with Crippen LogP contribution < -0.4 is 0 Å². The second-order valence-corrected chi connectivity index (χ2v) is 23.0. The van der Waals surface area contributed by atoms with Gasteiger partial charge in [0, 0.05) is 12.8 Å². The van der Waals surface area contributed by atoms with E-state index in [1.165, 1.54) is 0 Å². The summed E-state index contributed by atoms with van der Waals surface area (Å²) in [6, 6.07) is 13.9. The molecule has 6 nitrogen and oxygen atoms in total. The molecule has 2 aromatic rings. The van der Waals surface area contributed by atoms with Gasteiger partial charge in [-0.1, -0.05) is 146 Å². The van der Waals surface area contributed by atoms with Gasteiger partial charge in [-0.05, 0) is 138 Å². The topological polar surface area (TPSA) is 102 Å². The molecule has 0 aliphatic heterocycles. The molecule has 332 valence electrons. The lowest BCUT2D eigenvalue weighted by Gasteiger charge is -2.38. The van der Waals surface area contributed by atoms with E-state index in [0.29, 0.717) is 36.8 Å². The van der Waals surface area contributed by atoms with Crippen molar-refractivity contribution in [3.8, 4) is 0 Å². The van der Waals surface area contributed by atoms with Crippen molar-refractivity contribution in [2.45, 2.75) is 142 Å². The van der Waals surface area contributed by atoms with Gasteiger partial charge >= 0.3 is 0 Å². The van der Waals surface area contributed by atoms with Crippen molar-refractivity contribution in [1.29, 1.82) is 0 Å². The summed E-state index contributed by atoms with van der Waals surface area (Å²) in [4.78, 5) is 26.4. The Morgan fingerprint density at radius 3 is 1.18 bits per heavy atom. The quantitative estimate of drug-likeness (QED) is 0.156. The summed E-state index contributed by atoms with van der Waals surface area (Å²) >= 11 is 0. The summed E-state index contributed by atoms with van der Waals surface area (Å²) in [5.74, 6) is 0.0412. The molecule has 2 aromatic carbocycles. The van der Waals surface area contributed by atoms with Crippen molar-refractivity contribution in [3.63, 3.8) is 0 Å². The van der Waals surface area contributed by atoms with Crippen LogP contribution in [0.3, 0.4) is 0 Å². The van der Waals surface area contributed by atoms with E-state index in [1.807, 2.05) is 154 Å². The highest BCUT2D eigenvalue weighted by atomic mass is 32.2. The van der Waals surface area contributed by atoms with Gasteiger partial charge in [0.1, 0.15) is 0 Å². The van der Waals surface area contributed by atoms with Crippen LogP contribution in [0.15, 0.2) is 164 Å². The first-order chi connectivity index (χ1) is 28.9. The molecule has 0 spiro atoms. The maximum absolute atomic E-state index is 14.2. The molecule has 0 N–H and O–H groups in total. The molecule has 0 heterocycles. The molecular formula is C54H68O6S2. The summed E-state index contributed by atoms with van der Waals surface area (Å²) in [6.45, 7) is 23.5. The molecule has 0 radical (unpaired) electrons. The Balaban J connectivity index is 1.47. The fourth-order valence-corrected chi connectivity index (χ4v) is 12.9. The van der Waals surface area contributed by atoms with Gasteiger partial charge in [0.05, 0.1) is 20.3 Å². The van der Waals surface area contributed by atoms with Crippen LogP contribution >= 0.6 is 0 Å². The standard InChI is InChI=1S/C54H68O6S2/c1-37(19-15-21-41(5)35-49(51-43(7)47(55)31-33-53(51,9)10)61(57,58)45-27-23-39(3)24-28-45)17-13-14-18-38(2)20-16-22-42(6)36-50(52-44(8)48(56)32-34-54(52,11)12)62(59,60)46-29-25-40(4)26-30-46/h13-30,49-50H,31-36H2,1-12H3. The lowest BCUT2D eigenvalue weighted by molar-refractivity contribution is -0.117. The molecule has 8 heteroatoms. The number of hydrogen-bond acceptors (Lipinski definition) is 6. The zero-order chi connectivity index (χ0) is 46.2. The average molecular weight is 877 g/mol. The van der Waals surface area contributed by atoms with E-state index in [1.54, 1.807) is 38.1 Å². The van der Waals surface area contributed by atoms with Crippen LogP contribution in [0.1, 0.15) is 119 Å². The maximum Gasteiger partial charge on any atom is 0.185 e. The first kappa shape index (κ1) is 50.0. The molecule has 0 saturated carbocycles. The average Bonchev–Trinajstić information content (AvgIpc) is 3.19. The van der Waals surface area contributed by atoms with Crippen molar-refractivity contribution >= 4 is 31.2 Å². The Bertz CT molecular complexity index is 2350. The van der Waals surface area contributed by atoms with Gasteiger partial charge < -0.3 is 0 Å². The normalized spacial score (nSPS) is 19.7. The Labute approximate surface area is 373 Å². The first-order valence-electron chi connectivity index (χ1n) is 21.7. The molecule has 2 aliphatic carbocycles. The van der Waals surface area contributed by atoms with Gasteiger partial charge in [-0.15, -0.1) is 0 Å². The highest BCUT2D eigenvalue weighted by Crippen LogP contribution is 2.46. The summed E-state index contributed by atoms with van der Waals surface area (Å²) < 4.78 is 57.0. The van der Waals surface area contributed by atoms with E-state index in [9.17, 15) is 26.4 Å². The zero-order valence-corrected chi connectivity index (χ0v) is 40.7. The van der Waals surface area contributed by atoms with E-state index < -0.39 is 41.0 Å². The number of ketones is 2. The van der Waals surface area contributed by atoms with Gasteiger partial charge in [-0.25, -0.2) is 16.8 Å². The Kier molecular flexibility index (Phi) is 16.7.